The molecule has 11 heteroatoms. The van der Waals surface area contributed by atoms with Crippen molar-refractivity contribution in [2.24, 2.45) is 11.8 Å². The van der Waals surface area contributed by atoms with Crippen LogP contribution in [0.2, 0.25) is 0 Å². The van der Waals surface area contributed by atoms with Gasteiger partial charge in [0.25, 0.3) is 0 Å². The van der Waals surface area contributed by atoms with Gasteiger partial charge in [-0.15, -0.1) is 11.8 Å². The van der Waals surface area contributed by atoms with Crippen LogP contribution in [0.3, 0.4) is 0 Å². The van der Waals surface area contributed by atoms with Crippen LogP contribution in [0.1, 0.15) is 26.1 Å². The second kappa shape index (κ2) is 8.05. The molecular weight excluding hydrogens is 398 g/mol. The summed E-state index contributed by atoms with van der Waals surface area (Å²) >= 11 is 1.53. The SMILES string of the molecule is C[C@@H](O)[C@H]1C(=O)N2C(C(=O)O)=C(S[C@@H]3CN[C@H](COCc4ncn[nH]4)C3)[C@H](C)[C@H]12. The minimum absolute atomic E-state index is 0.0828. The number of hydrogen-bond acceptors (Lipinski definition) is 8. The van der Waals surface area contributed by atoms with Crippen LogP contribution in [0.15, 0.2) is 16.9 Å². The van der Waals surface area contributed by atoms with Crippen molar-refractivity contribution in [2.75, 3.05) is 13.2 Å². The van der Waals surface area contributed by atoms with Crippen LogP contribution >= 0.6 is 11.8 Å². The van der Waals surface area contributed by atoms with Crippen LogP contribution in [-0.4, -0.2) is 78.8 Å². The molecule has 0 bridgehead atoms. The van der Waals surface area contributed by atoms with Crippen molar-refractivity contribution in [1.29, 1.82) is 0 Å². The monoisotopic (exact) mass is 423 g/mol. The highest BCUT2D eigenvalue weighted by Crippen LogP contribution is 2.51. The van der Waals surface area contributed by atoms with E-state index in [1.807, 2.05) is 6.92 Å². The van der Waals surface area contributed by atoms with Crippen LogP contribution in [0.4, 0.5) is 0 Å². The molecule has 0 spiro atoms. The van der Waals surface area contributed by atoms with Gasteiger partial charge in [-0.3, -0.25) is 9.89 Å². The van der Waals surface area contributed by atoms with Gasteiger partial charge in [0.2, 0.25) is 5.91 Å². The minimum atomic E-state index is -1.09. The topological polar surface area (TPSA) is 141 Å². The number of aromatic nitrogens is 3. The van der Waals surface area contributed by atoms with Crippen LogP contribution in [0.5, 0.6) is 0 Å². The first kappa shape index (κ1) is 20.3. The van der Waals surface area contributed by atoms with Gasteiger partial charge in [-0.1, -0.05) is 6.92 Å². The zero-order chi connectivity index (χ0) is 20.7. The molecule has 0 unspecified atom stereocenters. The number of aliphatic hydroxyl groups is 1. The average Bonchev–Trinajstić information content (AvgIpc) is 3.37. The van der Waals surface area contributed by atoms with E-state index < -0.39 is 18.0 Å². The number of carboxylic acid groups (broad SMARTS) is 1. The van der Waals surface area contributed by atoms with Gasteiger partial charge in [0.15, 0.2) is 0 Å². The van der Waals surface area contributed by atoms with Crippen molar-refractivity contribution in [3.05, 3.63) is 22.8 Å². The summed E-state index contributed by atoms with van der Waals surface area (Å²) in [4.78, 5) is 30.4. The van der Waals surface area contributed by atoms with Crippen molar-refractivity contribution >= 4 is 23.6 Å². The number of β-lactam (4-membered cyclic amide) rings is 1. The number of nitrogens with zero attached hydrogens (tertiary/aromatic N) is 3. The van der Waals surface area contributed by atoms with Crippen molar-refractivity contribution < 1.29 is 24.5 Å². The second-order valence-corrected chi connectivity index (χ2v) is 9.14. The number of nitrogens with one attached hydrogen (secondary N) is 2. The standard InChI is InChI=1S/C18H25N5O5S/c1-8-14-13(9(2)24)17(25)23(14)15(18(26)27)16(8)29-11-3-10(19-4-11)5-28-6-12-20-7-21-22-12/h7-11,13-14,19,24H,3-6H2,1-2H3,(H,26,27)(H,20,21,22)/t8-,9-,10+,11+,13-,14-/m1/s1. The Labute approximate surface area is 172 Å². The molecule has 29 heavy (non-hydrogen) atoms. The molecule has 6 atom stereocenters. The first-order chi connectivity index (χ1) is 13.9. The molecule has 0 aliphatic carbocycles. The van der Waals surface area contributed by atoms with E-state index in [1.54, 1.807) is 6.92 Å². The molecule has 0 saturated carbocycles. The van der Waals surface area contributed by atoms with E-state index in [2.05, 4.69) is 20.5 Å². The molecule has 4 N–H and O–H groups in total. The molecule has 4 rings (SSSR count). The van der Waals surface area contributed by atoms with Gasteiger partial charge in [0.1, 0.15) is 24.5 Å². The summed E-state index contributed by atoms with van der Waals surface area (Å²) in [5.74, 6) is -1.35. The zero-order valence-electron chi connectivity index (χ0n) is 16.2. The number of hydrogen-bond donors (Lipinski definition) is 4. The van der Waals surface area contributed by atoms with E-state index in [-0.39, 0.29) is 34.9 Å². The van der Waals surface area contributed by atoms with Gasteiger partial charge in [0, 0.05) is 28.7 Å². The van der Waals surface area contributed by atoms with Gasteiger partial charge >= 0.3 is 5.97 Å². The molecule has 0 aromatic carbocycles. The average molecular weight is 423 g/mol. The number of carbonyl (C=O) groups is 2. The molecule has 3 aliphatic rings. The van der Waals surface area contributed by atoms with Crippen LogP contribution in [0.25, 0.3) is 0 Å². The van der Waals surface area contributed by atoms with Crippen molar-refractivity contribution in [2.45, 2.75) is 50.3 Å². The third kappa shape index (κ3) is 3.67. The molecule has 2 fully saturated rings. The van der Waals surface area contributed by atoms with E-state index in [1.165, 1.54) is 23.0 Å². The Bertz CT molecular complexity index is 814. The van der Waals surface area contributed by atoms with Crippen molar-refractivity contribution in [3.8, 4) is 0 Å². The van der Waals surface area contributed by atoms with Crippen molar-refractivity contribution in [1.82, 2.24) is 25.4 Å². The number of carboxylic acids is 1. The first-order valence-corrected chi connectivity index (χ1v) is 10.6. The molecule has 4 heterocycles. The summed E-state index contributed by atoms with van der Waals surface area (Å²) in [5, 5.41) is 29.8. The summed E-state index contributed by atoms with van der Waals surface area (Å²) in [6.07, 6.45) is 1.48. The second-order valence-electron chi connectivity index (χ2n) is 7.80. The fraction of sp³-hybridized carbons (Fsp3) is 0.667. The van der Waals surface area contributed by atoms with Crippen LogP contribution < -0.4 is 5.32 Å². The molecule has 158 valence electrons. The fourth-order valence-electron chi connectivity index (χ4n) is 4.46. The highest BCUT2D eigenvalue weighted by Gasteiger charge is 2.60. The van der Waals surface area contributed by atoms with Gasteiger partial charge in [-0.05, 0) is 13.3 Å². The van der Waals surface area contributed by atoms with Gasteiger partial charge in [0.05, 0.1) is 24.7 Å². The summed E-state index contributed by atoms with van der Waals surface area (Å²) in [6.45, 7) is 5.15. The summed E-state index contributed by atoms with van der Waals surface area (Å²) in [6, 6.07) is -0.101. The number of aliphatic carboxylic acids is 1. The molecule has 2 saturated heterocycles. The van der Waals surface area contributed by atoms with Crippen LogP contribution in [0, 0.1) is 11.8 Å². The lowest BCUT2D eigenvalue weighted by molar-refractivity contribution is -0.163. The quantitative estimate of drug-likeness (QED) is 0.423. The van der Waals surface area contributed by atoms with Crippen LogP contribution in [-0.2, 0) is 20.9 Å². The largest absolute Gasteiger partial charge is 0.477 e. The maximum Gasteiger partial charge on any atom is 0.353 e. The lowest BCUT2D eigenvalue weighted by atomic mass is 9.79. The number of H-pyrrole nitrogens is 1. The smallest absolute Gasteiger partial charge is 0.353 e. The number of thioether (sulfide) groups is 1. The van der Waals surface area contributed by atoms with E-state index >= 15 is 0 Å². The fourth-order valence-corrected chi connectivity index (χ4v) is 5.97. The number of amides is 1. The van der Waals surface area contributed by atoms with E-state index in [4.69, 9.17) is 4.74 Å². The van der Waals surface area contributed by atoms with Gasteiger partial charge in [-0.2, -0.15) is 5.10 Å². The van der Waals surface area contributed by atoms with E-state index in [0.29, 0.717) is 19.0 Å². The number of rotatable bonds is 8. The predicted octanol–water partition coefficient (Wildman–Crippen LogP) is -0.0613. The Hall–Kier alpha value is -1.95. The normalized spacial score (nSPS) is 32.4. The maximum absolute atomic E-state index is 12.4. The molecule has 0 radical (unpaired) electrons. The summed E-state index contributed by atoms with van der Waals surface area (Å²) in [7, 11) is 0. The highest BCUT2D eigenvalue weighted by atomic mass is 32.2. The third-order valence-corrected chi connectivity index (χ3v) is 7.32. The van der Waals surface area contributed by atoms with Crippen molar-refractivity contribution in [3.63, 3.8) is 0 Å². The first-order valence-electron chi connectivity index (χ1n) is 9.69. The number of fused-ring (bicyclic) bond motifs is 1. The molecule has 3 aliphatic heterocycles. The number of carbonyl (C=O) groups excluding carboxylic acids is 1. The third-order valence-electron chi connectivity index (χ3n) is 5.81. The minimum Gasteiger partial charge on any atom is -0.477 e. The molecular formula is C18H25N5O5S. The number of aliphatic hydroxyl groups excluding tert-OH is 1. The molecule has 1 aromatic heterocycles. The Balaban J connectivity index is 1.37. The Kier molecular flexibility index (Phi) is 5.65. The lowest BCUT2D eigenvalue weighted by Gasteiger charge is -2.46. The Morgan fingerprint density at radius 2 is 2.31 bits per heavy atom. The van der Waals surface area contributed by atoms with E-state index in [9.17, 15) is 19.8 Å². The Morgan fingerprint density at radius 3 is 2.97 bits per heavy atom. The predicted molar refractivity (Wildman–Crippen MR) is 103 cm³/mol. The number of ether oxygens (including phenoxy) is 1. The van der Waals surface area contributed by atoms with E-state index in [0.717, 1.165) is 17.9 Å². The van der Waals surface area contributed by atoms with Gasteiger partial charge in [-0.25, -0.2) is 9.78 Å². The maximum atomic E-state index is 12.4. The summed E-state index contributed by atoms with van der Waals surface area (Å²) in [5.41, 5.74) is 0.0828. The zero-order valence-corrected chi connectivity index (χ0v) is 17.1. The number of aromatic amines is 1. The molecule has 1 amide bonds. The molecule has 10 nitrogen and oxygen atoms in total. The highest BCUT2D eigenvalue weighted by molar-refractivity contribution is 8.03. The summed E-state index contributed by atoms with van der Waals surface area (Å²) < 4.78 is 5.67. The van der Waals surface area contributed by atoms with Gasteiger partial charge < -0.3 is 25.2 Å². The lowest BCUT2D eigenvalue weighted by Crippen LogP contribution is -2.63. The Morgan fingerprint density at radius 1 is 1.52 bits per heavy atom. The molecule has 1 aromatic rings.